The van der Waals surface area contributed by atoms with E-state index in [9.17, 15) is 0 Å². The molecule has 2 rings (SSSR count). The van der Waals surface area contributed by atoms with Crippen molar-refractivity contribution < 1.29 is 9.47 Å². The monoisotopic (exact) mass is 354 g/mol. The van der Waals surface area contributed by atoms with E-state index < -0.39 is 0 Å². The maximum atomic E-state index is 6.14. The summed E-state index contributed by atoms with van der Waals surface area (Å²) in [5.41, 5.74) is 0. The second-order valence-electron chi connectivity index (χ2n) is 6.54. The molecule has 0 saturated heterocycles. The van der Waals surface area contributed by atoms with Crippen LogP contribution in [0.5, 0.6) is 5.75 Å². The zero-order valence-electron chi connectivity index (χ0n) is 13.3. The Morgan fingerprint density at radius 2 is 1.86 bits per heavy atom. The highest BCUT2D eigenvalue weighted by atomic mass is 79.9. The Kier molecular flexibility index (Phi) is 6.56. The molecule has 0 radical (unpaired) electrons. The van der Waals surface area contributed by atoms with Crippen LogP contribution in [0.3, 0.4) is 0 Å². The topological polar surface area (TPSA) is 18.5 Å². The third-order valence-electron chi connectivity index (χ3n) is 4.46. The van der Waals surface area contributed by atoms with E-state index in [1.54, 1.807) is 0 Å². The van der Waals surface area contributed by atoms with Crippen molar-refractivity contribution in [1.82, 2.24) is 0 Å². The van der Waals surface area contributed by atoms with Gasteiger partial charge in [-0.15, -0.1) is 0 Å². The molecule has 0 aromatic heterocycles. The molecule has 1 fully saturated rings. The molecule has 0 spiro atoms. The Morgan fingerprint density at radius 3 is 2.52 bits per heavy atom. The number of rotatable bonds is 6. The molecule has 1 aromatic rings. The van der Waals surface area contributed by atoms with Gasteiger partial charge < -0.3 is 9.47 Å². The fourth-order valence-corrected chi connectivity index (χ4v) is 3.46. The van der Waals surface area contributed by atoms with Crippen LogP contribution < -0.4 is 4.74 Å². The minimum absolute atomic E-state index is 0.405. The van der Waals surface area contributed by atoms with E-state index in [1.165, 1.54) is 19.3 Å². The van der Waals surface area contributed by atoms with Crippen molar-refractivity contribution in [2.75, 3.05) is 13.2 Å². The molecule has 118 valence electrons. The predicted octanol–water partition coefficient (Wildman–Crippen LogP) is 5.31. The van der Waals surface area contributed by atoms with Crippen molar-refractivity contribution in [2.45, 2.75) is 46.1 Å². The van der Waals surface area contributed by atoms with Crippen LogP contribution in [0.2, 0.25) is 0 Å². The van der Waals surface area contributed by atoms with Crippen LogP contribution in [0, 0.1) is 17.8 Å². The van der Waals surface area contributed by atoms with Crippen molar-refractivity contribution in [1.29, 1.82) is 0 Å². The van der Waals surface area contributed by atoms with Gasteiger partial charge in [-0.3, -0.25) is 0 Å². The number of halogens is 1. The van der Waals surface area contributed by atoms with Crippen molar-refractivity contribution in [3.63, 3.8) is 0 Å². The Bertz CT molecular complexity index is 416. The molecule has 0 N–H and O–H groups in total. The molecular formula is C18H27BrO2. The summed E-state index contributed by atoms with van der Waals surface area (Å²) in [5, 5.41) is 0. The first kappa shape index (κ1) is 16.8. The number of ether oxygens (including phenoxy) is 2. The minimum atomic E-state index is 0.405. The highest BCUT2D eigenvalue weighted by Gasteiger charge is 2.31. The fraction of sp³-hybridized carbons (Fsp3) is 0.667. The average Bonchev–Trinajstić information content (AvgIpc) is 2.45. The van der Waals surface area contributed by atoms with Crippen LogP contribution in [0.1, 0.15) is 40.0 Å². The van der Waals surface area contributed by atoms with Gasteiger partial charge in [0.1, 0.15) is 12.4 Å². The van der Waals surface area contributed by atoms with Crippen LogP contribution >= 0.6 is 15.9 Å². The van der Waals surface area contributed by atoms with E-state index in [4.69, 9.17) is 9.47 Å². The Labute approximate surface area is 137 Å². The van der Waals surface area contributed by atoms with Crippen LogP contribution in [0.15, 0.2) is 28.7 Å². The number of benzene rings is 1. The van der Waals surface area contributed by atoms with E-state index in [0.717, 1.165) is 16.1 Å². The van der Waals surface area contributed by atoms with E-state index in [0.29, 0.717) is 31.2 Å². The van der Waals surface area contributed by atoms with Gasteiger partial charge in [-0.25, -0.2) is 0 Å². The molecule has 0 heterocycles. The first-order valence-electron chi connectivity index (χ1n) is 8.06. The standard InChI is InChI=1S/C18H27BrO2/c1-13(2)17-9-4-14(3)12-18(17)21-11-10-20-16-7-5-15(19)6-8-16/h5-8,13-14,17-18H,4,9-12H2,1-3H3. The first-order valence-corrected chi connectivity index (χ1v) is 8.85. The van der Waals surface area contributed by atoms with Crippen LogP contribution in [-0.4, -0.2) is 19.3 Å². The van der Waals surface area contributed by atoms with Gasteiger partial charge in [0.05, 0.1) is 12.7 Å². The molecule has 2 nitrogen and oxygen atoms in total. The van der Waals surface area contributed by atoms with E-state index in [-0.39, 0.29) is 0 Å². The Hall–Kier alpha value is -0.540. The normalized spacial score (nSPS) is 26.0. The van der Waals surface area contributed by atoms with Gasteiger partial charge in [0, 0.05) is 4.47 Å². The maximum absolute atomic E-state index is 6.14. The zero-order chi connectivity index (χ0) is 15.2. The van der Waals surface area contributed by atoms with E-state index >= 15 is 0 Å². The lowest BCUT2D eigenvalue weighted by atomic mass is 9.75. The summed E-state index contributed by atoms with van der Waals surface area (Å²) in [6, 6.07) is 7.94. The van der Waals surface area contributed by atoms with Crippen LogP contribution in [0.4, 0.5) is 0 Å². The van der Waals surface area contributed by atoms with Gasteiger partial charge in [-0.2, -0.15) is 0 Å². The summed E-state index contributed by atoms with van der Waals surface area (Å²) in [6.07, 6.45) is 4.25. The molecule has 3 unspecified atom stereocenters. The maximum Gasteiger partial charge on any atom is 0.119 e. The quantitative estimate of drug-likeness (QED) is 0.644. The molecule has 1 aliphatic carbocycles. The molecule has 1 aromatic carbocycles. The average molecular weight is 355 g/mol. The smallest absolute Gasteiger partial charge is 0.119 e. The van der Waals surface area contributed by atoms with Gasteiger partial charge in [0.15, 0.2) is 0 Å². The molecule has 3 atom stereocenters. The third-order valence-corrected chi connectivity index (χ3v) is 4.99. The third kappa shape index (κ3) is 5.30. The SMILES string of the molecule is CC1CCC(C(C)C)C(OCCOc2ccc(Br)cc2)C1. The number of hydrogen-bond acceptors (Lipinski definition) is 2. The number of hydrogen-bond donors (Lipinski definition) is 0. The summed E-state index contributed by atoms with van der Waals surface area (Å²) >= 11 is 3.42. The Balaban J connectivity index is 1.74. The molecular weight excluding hydrogens is 328 g/mol. The highest BCUT2D eigenvalue weighted by molar-refractivity contribution is 9.10. The molecule has 21 heavy (non-hydrogen) atoms. The summed E-state index contributed by atoms with van der Waals surface area (Å²) < 4.78 is 12.9. The molecule has 0 aliphatic heterocycles. The van der Waals surface area contributed by atoms with Crippen molar-refractivity contribution in [2.24, 2.45) is 17.8 Å². The van der Waals surface area contributed by atoms with Gasteiger partial charge in [-0.1, -0.05) is 43.1 Å². The second kappa shape index (κ2) is 8.19. The second-order valence-corrected chi connectivity index (χ2v) is 7.45. The van der Waals surface area contributed by atoms with Gasteiger partial charge in [0.2, 0.25) is 0 Å². The van der Waals surface area contributed by atoms with E-state index in [1.807, 2.05) is 24.3 Å². The largest absolute Gasteiger partial charge is 0.491 e. The lowest BCUT2D eigenvalue weighted by molar-refractivity contribution is -0.0465. The summed E-state index contributed by atoms with van der Waals surface area (Å²) in [6.45, 7) is 8.27. The van der Waals surface area contributed by atoms with Crippen molar-refractivity contribution in [3.05, 3.63) is 28.7 Å². The lowest BCUT2D eigenvalue weighted by Gasteiger charge is -2.37. The summed E-state index contributed by atoms with van der Waals surface area (Å²) in [5.74, 6) is 3.10. The van der Waals surface area contributed by atoms with Crippen LogP contribution in [0.25, 0.3) is 0 Å². The van der Waals surface area contributed by atoms with Crippen LogP contribution in [-0.2, 0) is 4.74 Å². The van der Waals surface area contributed by atoms with E-state index in [2.05, 4.69) is 36.7 Å². The van der Waals surface area contributed by atoms with Gasteiger partial charge in [-0.05, 0) is 54.9 Å². The van der Waals surface area contributed by atoms with Gasteiger partial charge >= 0.3 is 0 Å². The predicted molar refractivity (Wildman–Crippen MR) is 90.7 cm³/mol. The van der Waals surface area contributed by atoms with Gasteiger partial charge in [0.25, 0.3) is 0 Å². The summed E-state index contributed by atoms with van der Waals surface area (Å²) in [4.78, 5) is 0. The minimum Gasteiger partial charge on any atom is -0.491 e. The molecule has 0 amide bonds. The summed E-state index contributed by atoms with van der Waals surface area (Å²) in [7, 11) is 0. The molecule has 3 heteroatoms. The molecule has 0 bridgehead atoms. The van der Waals surface area contributed by atoms with Crippen molar-refractivity contribution in [3.8, 4) is 5.75 Å². The lowest BCUT2D eigenvalue weighted by Crippen LogP contribution is -2.35. The van der Waals surface area contributed by atoms with Crippen molar-refractivity contribution >= 4 is 15.9 Å². The zero-order valence-corrected chi connectivity index (χ0v) is 14.9. The molecule has 1 aliphatic rings. The fourth-order valence-electron chi connectivity index (χ4n) is 3.20. The Morgan fingerprint density at radius 1 is 1.14 bits per heavy atom. The highest BCUT2D eigenvalue weighted by Crippen LogP contribution is 2.35. The first-order chi connectivity index (χ1) is 10.1. The molecule has 1 saturated carbocycles.